The molecule has 1 aromatic carbocycles. The normalized spacial score (nSPS) is 12.4. The minimum atomic E-state index is 0.653. The van der Waals surface area contributed by atoms with E-state index in [2.05, 4.69) is 60.1 Å². The van der Waals surface area contributed by atoms with Crippen LogP contribution in [0.2, 0.25) is 0 Å². The van der Waals surface area contributed by atoms with E-state index < -0.39 is 0 Å². The first-order chi connectivity index (χ1) is 9.88. The molecule has 108 valence electrons. The Kier molecular flexibility index (Phi) is 6.82. The monoisotopic (exact) mass is 287 g/mol. The van der Waals surface area contributed by atoms with Crippen molar-refractivity contribution < 1.29 is 0 Å². The number of hydrogen-bond acceptors (Lipinski definition) is 2. The smallest absolute Gasteiger partial charge is 0.00702 e. The Morgan fingerprint density at radius 2 is 1.85 bits per heavy atom. The van der Waals surface area contributed by atoms with Crippen LogP contribution in [0.25, 0.3) is 0 Å². The minimum absolute atomic E-state index is 0.653. The number of hydrogen-bond donors (Lipinski definition) is 1. The predicted octanol–water partition coefficient (Wildman–Crippen LogP) is 4.68. The molecule has 2 heteroatoms. The Balaban J connectivity index is 1.72. The summed E-state index contributed by atoms with van der Waals surface area (Å²) < 4.78 is 0. The highest BCUT2D eigenvalue weighted by molar-refractivity contribution is 7.09. The molecule has 0 fully saturated rings. The molecule has 0 spiro atoms. The molecule has 0 aliphatic rings. The van der Waals surface area contributed by atoms with Crippen molar-refractivity contribution >= 4 is 11.3 Å². The zero-order valence-electron chi connectivity index (χ0n) is 12.3. The van der Waals surface area contributed by atoms with E-state index in [9.17, 15) is 0 Å². The molecular formula is C18H25NS. The third-order valence-corrected chi connectivity index (χ3v) is 4.61. The van der Waals surface area contributed by atoms with Crippen molar-refractivity contribution in [2.24, 2.45) is 0 Å². The number of thiophene rings is 1. The Bertz CT molecular complexity index is 450. The van der Waals surface area contributed by atoms with Gasteiger partial charge in [0.05, 0.1) is 0 Å². The van der Waals surface area contributed by atoms with Gasteiger partial charge in [0.2, 0.25) is 0 Å². The van der Waals surface area contributed by atoms with Gasteiger partial charge in [-0.2, -0.15) is 0 Å². The van der Waals surface area contributed by atoms with Crippen LogP contribution in [0.1, 0.15) is 36.6 Å². The summed E-state index contributed by atoms with van der Waals surface area (Å²) >= 11 is 1.88. The van der Waals surface area contributed by atoms with E-state index in [1.54, 1.807) is 0 Å². The molecule has 0 saturated heterocycles. The van der Waals surface area contributed by atoms with Crippen LogP contribution in [-0.4, -0.2) is 12.6 Å². The van der Waals surface area contributed by atoms with Crippen molar-refractivity contribution in [2.45, 2.75) is 45.1 Å². The fraction of sp³-hybridized carbons (Fsp3) is 0.444. The maximum absolute atomic E-state index is 3.64. The molecule has 1 atom stereocenters. The number of benzene rings is 1. The summed E-state index contributed by atoms with van der Waals surface area (Å²) in [7, 11) is 0. The highest BCUT2D eigenvalue weighted by Crippen LogP contribution is 2.15. The van der Waals surface area contributed by atoms with Gasteiger partial charge in [0.25, 0.3) is 0 Å². The lowest BCUT2D eigenvalue weighted by Gasteiger charge is -2.17. The van der Waals surface area contributed by atoms with Crippen LogP contribution in [-0.2, 0) is 12.8 Å². The zero-order valence-corrected chi connectivity index (χ0v) is 13.2. The molecule has 0 saturated carbocycles. The predicted molar refractivity (Wildman–Crippen MR) is 89.5 cm³/mol. The Morgan fingerprint density at radius 3 is 2.55 bits per heavy atom. The van der Waals surface area contributed by atoms with Crippen molar-refractivity contribution in [3.63, 3.8) is 0 Å². The zero-order chi connectivity index (χ0) is 14.0. The minimum Gasteiger partial charge on any atom is -0.314 e. The Morgan fingerprint density at radius 1 is 1.00 bits per heavy atom. The van der Waals surface area contributed by atoms with E-state index >= 15 is 0 Å². The van der Waals surface area contributed by atoms with Crippen LogP contribution in [0, 0.1) is 0 Å². The largest absolute Gasteiger partial charge is 0.314 e. The van der Waals surface area contributed by atoms with E-state index in [0.717, 1.165) is 6.54 Å². The van der Waals surface area contributed by atoms with Gasteiger partial charge in [-0.1, -0.05) is 43.3 Å². The Hall–Kier alpha value is -1.12. The van der Waals surface area contributed by atoms with Gasteiger partial charge in [0, 0.05) is 10.9 Å². The molecule has 20 heavy (non-hydrogen) atoms. The molecule has 1 unspecified atom stereocenters. The van der Waals surface area contributed by atoms with Crippen molar-refractivity contribution in [1.29, 1.82) is 0 Å². The summed E-state index contributed by atoms with van der Waals surface area (Å²) in [6.45, 7) is 3.27. The number of rotatable bonds is 9. The van der Waals surface area contributed by atoms with Crippen molar-refractivity contribution in [3.8, 4) is 0 Å². The molecule has 1 heterocycles. The second-order valence-corrected chi connectivity index (χ2v) is 6.28. The molecule has 2 rings (SSSR count). The molecule has 1 N–H and O–H groups in total. The topological polar surface area (TPSA) is 12.0 Å². The van der Waals surface area contributed by atoms with E-state index in [1.165, 1.54) is 42.5 Å². The lowest BCUT2D eigenvalue weighted by molar-refractivity contribution is 0.452. The van der Waals surface area contributed by atoms with Gasteiger partial charge in [-0.15, -0.1) is 11.3 Å². The van der Waals surface area contributed by atoms with Crippen LogP contribution in [0.5, 0.6) is 0 Å². The van der Waals surface area contributed by atoms with Gasteiger partial charge < -0.3 is 5.32 Å². The summed E-state index contributed by atoms with van der Waals surface area (Å²) in [5, 5.41) is 5.81. The fourth-order valence-electron chi connectivity index (χ4n) is 2.60. The molecule has 0 aliphatic heterocycles. The van der Waals surface area contributed by atoms with Gasteiger partial charge in [0.1, 0.15) is 0 Å². The lowest BCUT2D eigenvalue weighted by atomic mass is 10.0. The molecule has 0 bridgehead atoms. The summed E-state index contributed by atoms with van der Waals surface area (Å²) in [5.74, 6) is 0. The lowest BCUT2D eigenvalue weighted by Crippen LogP contribution is -2.29. The first-order valence-corrected chi connectivity index (χ1v) is 8.56. The van der Waals surface area contributed by atoms with Crippen LogP contribution >= 0.6 is 11.3 Å². The van der Waals surface area contributed by atoms with Crippen LogP contribution in [0.4, 0.5) is 0 Å². The molecule has 2 aromatic rings. The van der Waals surface area contributed by atoms with Gasteiger partial charge >= 0.3 is 0 Å². The average Bonchev–Trinajstić information content (AvgIpc) is 2.99. The SMILES string of the molecule is CCNC(CCCc1cccs1)CCc1ccccc1. The van der Waals surface area contributed by atoms with Gasteiger partial charge in [-0.25, -0.2) is 0 Å². The molecule has 1 aromatic heterocycles. The highest BCUT2D eigenvalue weighted by atomic mass is 32.1. The maximum Gasteiger partial charge on any atom is 0.00702 e. The number of aryl methyl sites for hydroxylation is 2. The van der Waals surface area contributed by atoms with E-state index in [4.69, 9.17) is 0 Å². The molecule has 0 radical (unpaired) electrons. The highest BCUT2D eigenvalue weighted by Gasteiger charge is 2.07. The quantitative estimate of drug-likeness (QED) is 0.706. The molecule has 1 nitrogen and oxygen atoms in total. The van der Waals surface area contributed by atoms with E-state index in [1.807, 2.05) is 11.3 Å². The standard InChI is InChI=1S/C18H25NS/c1-2-19-17(10-6-11-18-12-7-15-20-18)14-13-16-8-4-3-5-9-16/h3-5,7-9,12,15,17,19H,2,6,10-11,13-14H2,1H3. The van der Waals surface area contributed by atoms with E-state index in [-0.39, 0.29) is 0 Å². The van der Waals surface area contributed by atoms with Crippen LogP contribution in [0.15, 0.2) is 47.8 Å². The average molecular weight is 287 g/mol. The second-order valence-electron chi connectivity index (χ2n) is 5.25. The van der Waals surface area contributed by atoms with Gasteiger partial charge in [0.15, 0.2) is 0 Å². The van der Waals surface area contributed by atoms with Crippen LogP contribution < -0.4 is 5.32 Å². The van der Waals surface area contributed by atoms with Crippen molar-refractivity contribution in [3.05, 3.63) is 58.3 Å². The van der Waals surface area contributed by atoms with Crippen LogP contribution in [0.3, 0.4) is 0 Å². The summed E-state index contributed by atoms with van der Waals surface area (Å²) in [6, 6.07) is 15.9. The van der Waals surface area contributed by atoms with Gasteiger partial charge in [-0.05, 0) is 55.7 Å². The maximum atomic E-state index is 3.64. The number of nitrogens with one attached hydrogen (secondary N) is 1. The Labute approximate surface area is 127 Å². The molecular weight excluding hydrogens is 262 g/mol. The van der Waals surface area contributed by atoms with Crippen molar-refractivity contribution in [2.75, 3.05) is 6.54 Å². The molecule has 0 aliphatic carbocycles. The van der Waals surface area contributed by atoms with E-state index in [0.29, 0.717) is 6.04 Å². The van der Waals surface area contributed by atoms with Crippen molar-refractivity contribution in [1.82, 2.24) is 5.32 Å². The first kappa shape index (κ1) is 15.3. The third kappa shape index (κ3) is 5.48. The third-order valence-electron chi connectivity index (χ3n) is 3.67. The molecule has 0 amide bonds. The summed E-state index contributed by atoms with van der Waals surface area (Å²) in [4.78, 5) is 1.52. The second kappa shape index (κ2) is 8.93. The van der Waals surface area contributed by atoms with Gasteiger partial charge in [-0.3, -0.25) is 0 Å². The summed E-state index contributed by atoms with van der Waals surface area (Å²) in [5.41, 5.74) is 1.45. The fourth-order valence-corrected chi connectivity index (χ4v) is 3.35. The first-order valence-electron chi connectivity index (χ1n) is 7.68. The summed E-state index contributed by atoms with van der Waals surface area (Å²) in [6.07, 6.45) is 6.20.